The van der Waals surface area contributed by atoms with E-state index in [0.717, 1.165) is 25.9 Å². The molecule has 1 aliphatic heterocycles. The van der Waals surface area contributed by atoms with Gasteiger partial charge in [-0.2, -0.15) is 0 Å². The van der Waals surface area contributed by atoms with Crippen molar-refractivity contribution in [2.24, 2.45) is 5.11 Å². The van der Waals surface area contributed by atoms with Crippen molar-refractivity contribution in [2.45, 2.75) is 19.3 Å². The first kappa shape index (κ1) is 7.88. The van der Waals surface area contributed by atoms with E-state index in [1.807, 2.05) is 0 Å². The summed E-state index contributed by atoms with van der Waals surface area (Å²) < 4.78 is 0. The predicted molar refractivity (Wildman–Crippen MR) is 40.0 cm³/mol. The van der Waals surface area contributed by atoms with E-state index in [-0.39, 0.29) is 0 Å². The second-order valence-corrected chi connectivity index (χ2v) is 2.52. The van der Waals surface area contributed by atoms with Gasteiger partial charge in [-0.15, -0.1) is 0 Å². The molecule has 0 spiro atoms. The van der Waals surface area contributed by atoms with Gasteiger partial charge in [-0.05, 0) is 24.8 Å². The Morgan fingerprint density at radius 2 is 2.00 bits per heavy atom. The van der Waals surface area contributed by atoms with E-state index in [0.29, 0.717) is 0 Å². The van der Waals surface area contributed by atoms with Gasteiger partial charge in [-0.1, -0.05) is 0 Å². The van der Waals surface area contributed by atoms with Crippen molar-refractivity contribution in [3.8, 4) is 0 Å². The molecule has 0 aliphatic carbocycles. The van der Waals surface area contributed by atoms with Crippen LogP contribution in [-0.4, -0.2) is 24.0 Å². The highest BCUT2D eigenvalue weighted by Crippen LogP contribution is 2.09. The SMILES string of the molecule is [N-]=[N+]=NC(=O)N1CCCCC1. The molecule has 1 aliphatic rings. The average Bonchev–Trinajstić information content (AvgIpc) is 2.07. The van der Waals surface area contributed by atoms with Crippen LogP contribution in [0.1, 0.15) is 19.3 Å². The standard InChI is InChI=1S/C6H10N4O/c7-9-8-6(11)10-4-2-1-3-5-10/h1-5H2. The summed E-state index contributed by atoms with van der Waals surface area (Å²) in [6, 6.07) is -0.438. The first-order valence-corrected chi connectivity index (χ1v) is 3.68. The number of carbonyl (C=O) groups excluding carboxylic acids is 1. The van der Waals surface area contributed by atoms with Crippen LogP contribution >= 0.6 is 0 Å². The Kier molecular flexibility index (Phi) is 2.74. The maximum absolute atomic E-state index is 10.9. The van der Waals surface area contributed by atoms with Crippen LogP contribution in [0.5, 0.6) is 0 Å². The zero-order valence-corrected chi connectivity index (χ0v) is 6.23. The summed E-state index contributed by atoms with van der Waals surface area (Å²) in [5, 5.41) is 3.02. The summed E-state index contributed by atoms with van der Waals surface area (Å²) in [5.41, 5.74) is 7.98. The van der Waals surface area contributed by atoms with Crippen molar-refractivity contribution in [1.82, 2.24) is 4.90 Å². The number of hydrogen-bond acceptors (Lipinski definition) is 1. The van der Waals surface area contributed by atoms with Crippen LogP contribution in [-0.2, 0) is 0 Å². The van der Waals surface area contributed by atoms with E-state index >= 15 is 0 Å². The number of piperidine rings is 1. The molecule has 1 saturated heterocycles. The van der Waals surface area contributed by atoms with Crippen LogP contribution < -0.4 is 0 Å². The Labute approximate surface area is 64.6 Å². The Bertz CT molecular complexity index is 191. The molecule has 0 bridgehead atoms. The lowest BCUT2D eigenvalue weighted by atomic mass is 10.1. The molecule has 1 fully saturated rings. The minimum absolute atomic E-state index is 0.438. The zero-order valence-electron chi connectivity index (χ0n) is 6.23. The second kappa shape index (κ2) is 3.83. The number of azide groups is 1. The van der Waals surface area contributed by atoms with E-state index in [2.05, 4.69) is 10.0 Å². The lowest BCUT2D eigenvalue weighted by molar-refractivity contribution is 0.196. The van der Waals surface area contributed by atoms with Crippen LogP contribution in [0.15, 0.2) is 5.11 Å². The summed E-state index contributed by atoms with van der Waals surface area (Å²) in [6.45, 7) is 1.47. The van der Waals surface area contributed by atoms with Crippen molar-refractivity contribution in [2.75, 3.05) is 13.1 Å². The van der Waals surface area contributed by atoms with Crippen LogP contribution in [0.25, 0.3) is 10.4 Å². The molecule has 5 heteroatoms. The van der Waals surface area contributed by atoms with Gasteiger partial charge in [0.15, 0.2) is 0 Å². The Balaban J connectivity index is 2.44. The third-order valence-corrected chi connectivity index (χ3v) is 1.76. The van der Waals surface area contributed by atoms with E-state index in [9.17, 15) is 4.79 Å². The van der Waals surface area contributed by atoms with Gasteiger partial charge in [-0.3, -0.25) is 4.79 Å². The molecular formula is C6H10N4O. The van der Waals surface area contributed by atoms with Gasteiger partial charge in [-0.25, -0.2) is 0 Å². The molecule has 11 heavy (non-hydrogen) atoms. The zero-order chi connectivity index (χ0) is 8.10. The molecule has 0 N–H and O–H groups in total. The highest BCUT2D eigenvalue weighted by Gasteiger charge is 2.13. The summed E-state index contributed by atoms with van der Waals surface area (Å²) >= 11 is 0. The topological polar surface area (TPSA) is 69.1 Å². The summed E-state index contributed by atoms with van der Waals surface area (Å²) in [5.74, 6) is 0. The van der Waals surface area contributed by atoms with Crippen molar-refractivity contribution < 1.29 is 4.79 Å². The maximum Gasteiger partial charge on any atom is 0.310 e. The van der Waals surface area contributed by atoms with Crippen LogP contribution in [0.2, 0.25) is 0 Å². The fraction of sp³-hybridized carbons (Fsp3) is 0.833. The monoisotopic (exact) mass is 154 g/mol. The first-order chi connectivity index (χ1) is 5.34. The lowest BCUT2D eigenvalue weighted by Crippen LogP contribution is -2.33. The van der Waals surface area contributed by atoms with Crippen LogP contribution in [0, 0.1) is 0 Å². The molecule has 0 saturated carbocycles. The number of nitrogens with zero attached hydrogens (tertiary/aromatic N) is 4. The quantitative estimate of drug-likeness (QED) is 0.298. The number of likely N-dealkylation sites (tertiary alicyclic amines) is 1. The Morgan fingerprint density at radius 3 is 2.55 bits per heavy atom. The number of amides is 2. The summed E-state index contributed by atoms with van der Waals surface area (Å²) in [6.07, 6.45) is 3.21. The smallest absolute Gasteiger partial charge is 0.310 e. The van der Waals surface area contributed by atoms with Crippen LogP contribution in [0.3, 0.4) is 0 Å². The van der Waals surface area contributed by atoms with Crippen LogP contribution in [0.4, 0.5) is 4.79 Å². The van der Waals surface area contributed by atoms with Gasteiger partial charge in [0, 0.05) is 23.1 Å². The molecular weight excluding hydrogens is 144 g/mol. The molecule has 0 aromatic carbocycles. The van der Waals surface area contributed by atoms with Crippen molar-refractivity contribution in [1.29, 1.82) is 0 Å². The van der Waals surface area contributed by atoms with Gasteiger partial charge < -0.3 is 4.90 Å². The summed E-state index contributed by atoms with van der Waals surface area (Å²) in [4.78, 5) is 14.9. The second-order valence-electron chi connectivity index (χ2n) is 2.52. The number of hydrogen-bond donors (Lipinski definition) is 0. The molecule has 5 nitrogen and oxygen atoms in total. The van der Waals surface area contributed by atoms with Gasteiger partial charge in [0.05, 0.1) is 0 Å². The number of rotatable bonds is 0. The third-order valence-electron chi connectivity index (χ3n) is 1.76. The maximum atomic E-state index is 10.9. The molecule has 1 rings (SSSR count). The fourth-order valence-corrected chi connectivity index (χ4v) is 1.19. The molecule has 0 unspecified atom stereocenters. The largest absolute Gasteiger partial charge is 0.337 e. The molecule has 0 atom stereocenters. The highest BCUT2D eigenvalue weighted by molar-refractivity contribution is 5.74. The van der Waals surface area contributed by atoms with E-state index < -0.39 is 6.03 Å². The number of urea groups is 1. The molecule has 2 amide bonds. The molecule has 60 valence electrons. The van der Waals surface area contributed by atoms with E-state index in [1.54, 1.807) is 4.90 Å². The molecule has 1 heterocycles. The van der Waals surface area contributed by atoms with Gasteiger partial charge in [0.2, 0.25) is 0 Å². The van der Waals surface area contributed by atoms with Crippen molar-refractivity contribution >= 4 is 6.03 Å². The normalized spacial score (nSPS) is 17.3. The average molecular weight is 154 g/mol. The minimum Gasteiger partial charge on any atom is -0.337 e. The van der Waals surface area contributed by atoms with Crippen molar-refractivity contribution in [3.63, 3.8) is 0 Å². The molecule has 0 aromatic heterocycles. The van der Waals surface area contributed by atoms with Gasteiger partial charge >= 0.3 is 6.03 Å². The fourth-order valence-electron chi connectivity index (χ4n) is 1.19. The Morgan fingerprint density at radius 1 is 1.36 bits per heavy atom. The minimum atomic E-state index is -0.438. The number of carbonyl (C=O) groups is 1. The van der Waals surface area contributed by atoms with Crippen molar-refractivity contribution in [3.05, 3.63) is 10.4 Å². The third kappa shape index (κ3) is 2.13. The summed E-state index contributed by atoms with van der Waals surface area (Å²) in [7, 11) is 0. The van der Waals surface area contributed by atoms with E-state index in [1.165, 1.54) is 6.42 Å². The highest BCUT2D eigenvalue weighted by atomic mass is 16.2. The molecule has 0 radical (unpaired) electrons. The Hall–Kier alpha value is -1.22. The first-order valence-electron chi connectivity index (χ1n) is 3.68. The predicted octanol–water partition coefficient (Wildman–Crippen LogP) is 1.90. The van der Waals surface area contributed by atoms with Gasteiger partial charge in [0.1, 0.15) is 0 Å². The molecule has 0 aromatic rings. The van der Waals surface area contributed by atoms with E-state index in [4.69, 9.17) is 5.53 Å². The van der Waals surface area contributed by atoms with Gasteiger partial charge in [0.25, 0.3) is 0 Å². The lowest BCUT2D eigenvalue weighted by Gasteiger charge is -2.24.